The highest BCUT2D eigenvalue weighted by Gasteiger charge is 2.10. The molecular formula is C34H66O2. The fourth-order valence-electron chi connectivity index (χ4n) is 5.83. The second kappa shape index (κ2) is 27.9. The monoisotopic (exact) mass is 507 g/mol. The van der Waals surface area contributed by atoms with Crippen LogP contribution >= 0.6 is 0 Å². The lowest BCUT2D eigenvalue weighted by Gasteiger charge is -2.18. The molecule has 214 valence electrons. The topological polar surface area (TPSA) is 29.1 Å². The van der Waals surface area contributed by atoms with Crippen molar-refractivity contribution in [3.63, 3.8) is 0 Å². The van der Waals surface area contributed by atoms with Gasteiger partial charge in [-0.1, -0.05) is 167 Å². The minimum atomic E-state index is -0.292. The normalized spacial score (nSPS) is 22.2. The molecule has 0 saturated heterocycles. The summed E-state index contributed by atoms with van der Waals surface area (Å²) in [5, 5.41) is 12.0. The highest BCUT2D eigenvalue weighted by atomic mass is 16.5. The van der Waals surface area contributed by atoms with Crippen LogP contribution in [0.2, 0.25) is 0 Å². The molecule has 2 nitrogen and oxygen atoms in total. The van der Waals surface area contributed by atoms with E-state index in [1.54, 1.807) is 0 Å². The van der Waals surface area contributed by atoms with E-state index in [9.17, 15) is 5.11 Å². The highest BCUT2D eigenvalue weighted by molar-refractivity contribution is 4.62. The molecular weight excluding hydrogens is 440 g/mol. The van der Waals surface area contributed by atoms with E-state index in [0.29, 0.717) is 6.10 Å². The third kappa shape index (κ3) is 24.3. The Morgan fingerprint density at radius 3 is 1.19 bits per heavy atom. The van der Waals surface area contributed by atoms with Gasteiger partial charge in [-0.3, -0.25) is 0 Å². The number of rotatable bonds is 16. The number of ether oxygens (including phenoxy) is 1. The molecule has 2 heteroatoms. The largest absolute Gasteiger partial charge is 0.378 e. The molecule has 1 fully saturated rings. The van der Waals surface area contributed by atoms with Crippen molar-refractivity contribution in [3.8, 4) is 0 Å². The smallest absolute Gasteiger partial charge is 0.0930 e. The van der Waals surface area contributed by atoms with Crippen molar-refractivity contribution in [2.75, 3.05) is 6.61 Å². The van der Waals surface area contributed by atoms with Gasteiger partial charge in [0.15, 0.2) is 0 Å². The Balaban J connectivity index is 2.02. The van der Waals surface area contributed by atoms with Crippen LogP contribution in [-0.4, -0.2) is 18.8 Å². The first-order valence-electron chi connectivity index (χ1n) is 16.9. The summed E-state index contributed by atoms with van der Waals surface area (Å²) in [7, 11) is 0. The molecule has 1 aliphatic carbocycles. The molecule has 0 aromatic carbocycles. The van der Waals surface area contributed by atoms with E-state index in [1.165, 1.54) is 161 Å². The van der Waals surface area contributed by atoms with Gasteiger partial charge in [-0.15, -0.1) is 0 Å². The summed E-state index contributed by atoms with van der Waals surface area (Å²) in [5.74, 6) is 0. The Morgan fingerprint density at radius 1 is 0.444 bits per heavy atom. The van der Waals surface area contributed by atoms with Crippen LogP contribution in [0.25, 0.3) is 0 Å². The van der Waals surface area contributed by atoms with E-state index < -0.39 is 0 Å². The molecule has 0 aromatic rings. The van der Waals surface area contributed by atoms with Crippen LogP contribution in [0.4, 0.5) is 0 Å². The molecule has 1 saturated carbocycles. The zero-order valence-corrected chi connectivity index (χ0v) is 24.6. The van der Waals surface area contributed by atoms with Gasteiger partial charge in [0.25, 0.3) is 0 Å². The van der Waals surface area contributed by atoms with Gasteiger partial charge < -0.3 is 4.74 Å². The first-order valence-corrected chi connectivity index (χ1v) is 16.9. The zero-order chi connectivity index (χ0) is 25.8. The summed E-state index contributed by atoms with van der Waals surface area (Å²) in [6.07, 6.45) is 39.3. The Kier molecular flexibility index (Phi) is 26.3. The Morgan fingerprint density at radius 2 is 0.778 bits per heavy atom. The Bertz CT molecular complexity index is 390. The lowest BCUT2D eigenvalue weighted by Crippen LogP contribution is -2.14. The molecule has 0 N–H and O–H groups in total. The standard InChI is InChI=1S/C34H66O2/c1-2-3-4-5-6-7-8-9-10-11-12-17-22-27-32-36-34-30-25-20-15-13-18-23-28-33(35)29-24-19-14-16-21-26-31-34/h33-34H,1-32H2. The highest BCUT2D eigenvalue weighted by Crippen LogP contribution is 2.20. The van der Waals surface area contributed by atoms with Crippen molar-refractivity contribution < 1.29 is 9.84 Å². The Labute approximate surface area is 228 Å². The SMILES string of the molecule is [CH2]CCCCCCCCCCCCCCCOC1CCCCCCCCC([O])CCCCCCCC1. The van der Waals surface area contributed by atoms with Gasteiger partial charge in [-0.2, -0.15) is 0 Å². The average Bonchev–Trinajstić information content (AvgIpc) is 2.88. The van der Waals surface area contributed by atoms with Gasteiger partial charge in [-0.05, 0) is 32.1 Å². The molecule has 0 atom stereocenters. The van der Waals surface area contributed by atoms with Gasteiger partial charge in [0, 0.05) is 6.61 Å². The fraction of sp³-hybridized carbons (Fsp3) is 0.971. The van der Waals surface area contributed by atoms with Crippen LogP contribution in [0, 0.1) is 6.92 Å². The summed E-state index contributed by atoms with van der Waals surface area (Å²) in [6.45, 7) is 4.91. The molecule has 36 heavy (non-hydrogen) atoms. The van der Waals surface area contributed by atoms with Gasteiger partial charge in [-0.25, -0.2) is 5.11 Å². The second-order valence-corrected chi connectivity index (χ2v) is 12.0. The Hall–Kier alpha value is -0.0800. The number of unbranched alkanes of at least 4 members (excludes halogenated alkanes) is 13. The van der Waals surface area contributed by atoms with E-state index in [-0.39, 0.29) is 6.10 Å². The van der Waals surface area contributed by atoms with Crippen molar-refractivity contribution in [2.24, 2.45) is 0 Å². The van der Waals surface area contributed by atoms with Gasteiger partial charge in [0.05, 0.1) is 12.2 Å². The van der Waals surface area contributed by atoms with Crippen molar-refractivity contribution in [1.29, 1.82) is 0 Å². The quantitative estimate of drug-likeness (QED) is 0.191. The van der Waals surface area contributed by atoms with Crippen LogP contribution in [0.3, 0.4) is 0 Å². The first-order chi connectivity index (χ1) is 17.8. The van der Waals surface area contributed by atoms with E-state index in [2.05, 4.69) is 6.92 Å². The molecule has 1 aliphatic rings. The molecule has 1 rings (SSSR count). The van der Waals surface area contributed by atoms with Crippen LogP contribution in [-0.2, 0) is 9.84 Å². The molecule has 0 aliphatic heterocycles. The third-order valence-corrected chi connectivity index (χ3v) is 8.35. The minimum absolute atomic E-state index is 0.292. The van der Waals surface area contributed by atoms with Crippen LogP contribution < -0.4 is 0 Å². The minimum Gasteiger partial charge on any atom is -0.378 e. The van der Waals surface area contributed by atoms with Gasteiger partial charge in [0.1, 0.15) is 0 Å². The third-order valence-electron chi connectivity index (χ3n) is 8.35. The molecule has 0 bridgehead atoms. The fourth-order valence-corrected chi connectivity index (χ4v) is 5.83. The van der Waals surface area contributed by atoms with Crippen molar-refractivity contribution in [2.45, 2.75) is 205 Å². The maximum Gasteiger partial charge on any atom is 0.0930 e. The van der Waals surface area contributed by atoms with E-state index >= 15 is 0 Å². The van der Waals surface area contributed by atoms with E-state index in [4.69, 9.17) is 4.74 Å². The predicted molar refractivity (Wildman–Crippen MR) is 158 cm³/mol. The van der Waals surface area contributed by atoms with Crippen molar-refractivity contribution in [1.82, 2.24) is 0 Å². The maximum absolute atomic E-state index is 12.0. The van der Waals surface area contributed by atoms with Gasteiger partial charge >= 0.3 is 0 Å². The molecule has 2 radical (unpaired) electrons. The van der Waals surface area contributed by atoms with Gasteiger partial charge in [0.2, 0.25) is 0 Å². The maximum atomic E-state index is 12.0. The molecule has 0 aromatic heterocycles. The van der Waals surface area contributed by atoms with Crippen LogP contribution in [0.15, 0.2) is 0 Å². The van der Waals surface area contributed by atoms with E-state index in [0.717, 1.165) is 38.7 Å². The number of hydrogen-bond donors (Lipinski definition) is 0. The molecule has 0 heterocycles. The summed E-state index contributed by atoms with van der Waals surface area (Å²) in [5.41, 5.74) is 0. The van der Waals surface area contributed by atoms with Crippen LogP contribution in [0.5, 0.6) is 0 Å². The molecule has 0 spiro atoms. The molecule has 0 unspecified atom stereocenters. The molecule has 0 amide bonds. The zero-order valence-electron chi connectivity index (χ0n) is 24.6. The second-order valence-electron chi connectivity index (χ2n) is 12.0. The van der Waals surface area contributed by atoms with E-state index in [1.807, 2.05) is 0 Å². The van der Waals surface area contributed by atoms with Crippen LogP contribution in [0.1, 0.15) is 193 Å². The lowest BCUT2D eigenvalue weighted by molar-refractivity contribution is 0.0356. The first kappa shape index (κ1) is 33.9. The summed E-state index contributed by atoms with van der Waals surface area (Å²) < 4.78 is 6.40. The average molecular weight is 507 g/mol. The number of hydrogen-bond acceptors (Lipinski definition) is 1. The van der Waals surface area contributed by atoms with Crippen molar-refractivity contribution >= 4 is 0 Å². The summed E-state index contributed by atoms with van der Waals surface area (Å²) in [6, 6.07) is 0. The predicted octanol–water partition coefficient (Wildman–Crippen LogP) is 11.7. The summed E-state index contributed by atoms with van der Waals surface area (Å²) in [4.78, 5) is 0. The lowest BCUT2D eigenvalue weighted by atomic mass is 9.99. The van der Waals surface area contributed by atoms with Crippen molar-refractivity contribution in [3.05, 3.63) is 6.92 Å². The summed E-state index contributed by atoms with van der Waals surface area (Å²) >= 11 is 0.